The van der Waals surface area contributed by atoms with Gasteiger partial charge in [0.2, 0.25) is 5.91 Å². The van der Waals surface area contributed by atoms with E-state index in [9.17, 15) is 24.0 Å². The Balaban J connectivity index is 0.00000276. The standard InChI is InChI=1S/C37H53N5O12.HNO2S/c1-6-48-20-28-40-34-35(42(28)25-37(2,3)4)26-12-9-10-13-27(26)39-36(34)41-30(44)22-51-23-32(46)52-15-11-7-8-14-31(45)53-18-16-49-17-19-54-33(47)24-50-21-29(43)38-5;1-4(2)3/h9-10,12-13H,6-8,11,14-25H2,1-5H3,(H,38,43)(H,39,41,44);1H. The number of carbonyl (C=O) groups is 5. The molecule has 3 rings (SSSR count). The number of imidazole rings is 1. The second-order valence-electron chi connectivity index (χ2n) is 13.5. The summed E-state index contributed by atoms with van der Waals surface area (Å²) in [6.07, 6.45) is 1.91. The molecule has 0 aliphatic rings. The maximum atomic E-state index is 12.9. The molecule has 0 bridgehead atoms. The lowest BCUT2D eigenvalue weighted by Crippen LogP contribution is -2.25. The number of anilines is 1. The Morgan fingerprint density at radius 2 is 1.36 bits per heavy atom. The predicted molar refractivity (Wildman–Crippen MR) is 208 cm³/mol. The van der Waals surface area contributed by atoms with Gasteiger partial charge in [-0.1, -0.05) is 39.0 Å². The molecule has 2 heterocycles. The number of hydrogen-bond donors (Lipinski definition) is 3. The SMILES string of the molecule is CCOCc1nc2c(NC(=O)COCC(=O)OCCCCCC(=O)OCCOCCOC(=O)COCC(=O)NC)nc3ccccc3c2n1CC(C)(C)C.N=S(=O)=O. The summed E-state index contributed by atoms with van der Waals surface area (Å²) >= 11 is 0. The van der Waals surface area contributed by atoms with Crippen molar-refractivity contribution in [3.05, 3.63) is 30.1 Å². The van der Waals surface area contributed by atoms with Crippen molar-refractivity contribution in [1.82, 2.24) is 19.9 Å². The molecule has 0 fully saturated rings. The maximum absolute atomic E-state index is 12.9. The van der Waals surface area contributed by atoms with E-state index in [1.165, 1.54) is 7.05 Å². The summed E-state index contributed by atoms with van der Waals surface area (Å²) in [5.41, 5.74) is 2.03. The summed E-state index contributed by atoms with van der Waals surface area (Å²) in [6.45, 7) is 8.93. The van der Waals surface area contributed by atoms with Gasteiger partial charge >= 0.3 is 28.4 Å². The number of unbranched alkanes of at least 4 members (excludes halogenated alkanes) is 2. The highest BCUT2D eigenvalue weighted by molar-refractivity contribution is 7.60. The van der Waals surface area contributed by atoms with Crippen LogP contribution in [0.4, 0.5) is 5.82 Å². The molecular formula is C37H54N6O14S. The van der Waals surface area contributed by atoms with Gasteiger partial charge in [-0.2, -0.15) is 13.2 Å². The van der Waals surface area contributed by atoms with Gasteiger partial charge in [0.15, 0.2) is 5.82 Å². The zero-order valence-corrected chi connectivity index (χ0v) is 34.4. The lowest BCUT2D eigenvalue weighted by molar-refractivity contribution is -0.152. The van der Waals surface area contributed by atoms with Crippen molar-refractivity contribution < 1.29 is 65.5 Å². The molecule has 0 radical (unpaired) electrons. The zero-order valence-electron chi connectivity index (χ0n) is 33.6. The molecule has 0 saturated carbocycles. The molecule has 58 heavy (non-hydrogen) atoms. The molecule has 0 spiro atoms. The fourth-order valence-corrected chi connectivity index (χ4v) is 5.03. The average molecular weight is 839 g/mol. The second-order valence-corrected chi connectivity index (χ2v) is 14.0. The first-order valence-corrected chi connectivity index (χ1v) is 19.6. The molecule has 21 heteroatoms. The summed E-state index contributed by atoms with van der Waals surface area (Å²) in [7, 11) is -1.15. The van der Waals surface area contributed by atoms with Gasteiger partial charge in [-0.15, -0.1) is 0 Å². The fraction of sp³-hybridized carbons (Fsp3) is 0.595. The number of rotatable bonds is 25. The minimum Gasteiger partial charge on any atom is -0.464 e. The van der Waals surface area contributed by atoms with Gasteiger partial charge in [0.25, 0.3) is 5.91 Å². The van der Waals surface area contributed by atoms with Crippen LogP contribution in [0, 0.1) is 10.2 Å². The Morgan fingerprint density at radius 3 is 1.98 bits per heavy atom. The van der Waals surface area contributed by atoms with E-state index in [1.54, 1.807) is 0 Å². The number of carbonyl (C=O) groups excluding carboxylic acids is 5. The average Bonchev–Trinajstić information content (AvgIpc) is 3.51. The second kappa shape index (κ2) is 26.8. The van der Waals surface area contributed by atoms with Crippen LogP contribution in [-0.4, -0.2) is 126 Å². The van der Waals surface area contributed by atoms with E-state index in [4.69, 9.17) is 51.3 Å². The number of aromatic nitrogens is 3. The Kier molecular flexibility index (Phi) is 22.6. The number of esters is 3. The molecule has 0 aliphatic carbocycles. The minimum absolute atomic E-state index is 0.00273. The molecule has 0 unspecified atom stereocenters. The molecule has 3 aromatic rings. The van der Waals surface area contributed by atoms with Crippen molar-refractivity contribution in [2.24, 2.45) is 5.41 Å². The summed E-state index contributed by atoms with van der Waals surface area (Å²) in [5, 5.41) is 6.07. The monoisotopic (exact) mass is 838 g/mol. The summed E-state index contributed by atoms with van der Waals surface area (Å²) in [5.74, 6) is -1.44. The van der Waals surface area contributed by atoms with Crippen molar-refractivity contribution in [2.75, 3.05) is 78.4 Å². The van der Waals surface area contributed by atoms with Crippen LogP contribution in [0.2, 0.25) is 0 Å². The van der Waals surface area contributed by atoms with Crippen LogP contribution in [0.1, 0.15) is 59.2 Å². The number of pyridine rings is 1. The van der Waals surface area contributed by atoms with Gasteiger partial charge in [-0.25, -0.2) is 19.6 Å². The summed E-state index contributed by atoms with van der Waals surface area (Å²) in [6, 6.07) is 7.68. The van der Waals surface area contributed by atoms with Gasteiger partial charge < -0.3 is 48.4 Å². The van der Waals surface area contributed by atoms with Crippen molar-refractivity contribution in [3.8, 4) is 0 Å². The first-order chi connectivity index (χ1) is 27.6. The van der Waals surface area contributed by atoms with Crippen LogP contribution in [0.25, 0.3) is 21.9 Å². The van der Waals surface area contributed by atoms with Crippen molar-refractivity contribution in [2.45, 2.75) is 66.5 Å². The lowest BCUT2D eigenvalue weighted by atomic mass is 9.96. The largest absolute Gasteiger partial charge is 0.464 e. The number of hydrogen-bond acceptors (Lipinski definition) is 17. The molecule has 3 N–H and O–H groups in total. The molecule has 0 aliphatic heterocycles. The molecule has 2 amide bonds. The molecular weight excluding hydrogens is 785 g/mol. The van der Waals surface area contributed by atoms with E-state index in [2.05, 4.69) is 41.0 Å². The van der Waals surface area contributed by atoms with E-state index in [1.807, 2.05) is 31.2 Å². The molecule has 322 valence electrons. The van der Waals surface area contributed by atoms with Gasteiger partial charge in [0.1, 0.15) is 57.6 Å². The number of benzene rings is 1. The smallest absolute Gasteiger partial charge is 0.332 e. The number of para-hydroxylation sites is 1. The number of fused-ring (bicyclic) bond motifs is 3. The van der Waals surface area contributed by atoms with Gasteiger partial charge in [0.05, 0.1) is 30.9 Å². The number of amides is 2. The van der Waals surface area contributed by atoms with E-state index in [0.717, 1.165) is 16.7 Å². The van der Waals surface area contributed by atoms with E-state index >= 15 is 0 Å². The fourth-order valence-electron chi connectivity index (χ4n) is 5.03. The maximum Gasteiger partial charge on any atom is 0.332 e. The van der Waals surface area contributed by atoms with Crippen LogP contribution < -0.4 is 10.6 Å². The highest BCUT2D eigenvalue weighted by Gasteiger charge is 2.23. The molecule has 2 aromatic heterocycles. The normalized spacial score (nSPS) is 11.1. The number of nitrogens with zero attached hydrogens (tertiary/aromatic N) is 3. The van der Waals surface area contributed by atoms with E-state index < -0.39 is 41.6 Å². The Hall–Kier alpha value is -5.09. The number of ether oxygens (including phenoxy) is 7. The third kappa shape index (κ3) is 19.9. The van der Waals surface area contributed by atoms with Gasteiger partial charge in [-0.3, -0.25) is 14.4 Å². The van der Waals surface area contributed by atoms with Crippen LogP contribution in [0.3, 0.4) is 0 Å². The van der Waals surface area contributed by atoms with E-state index in [0.29, 0.717) is 55.9 Å². The molecule has 20 nitrogen and oxygen atoms in total. The molecule has 0 saturated heterocycles. The molecule has 1 aromatic carbocycles. The summed E-state index contributed by atoms with van der Waals surface area (Å²) < 4.78 is 61.3. The Morgan fingerprint density at radius 1 is 0.759 bits per heavy atom. The Labute approximate surface area is 338 Å². The van der Waals surface area contributed by atoms with Gasteiger partial charge in [-0.05, 0) is 37.7 Å². The first kappa shape index (κ1) is 49.1. The lowest BCUT2D eigenvalue weighted by Gasteiger charge is -2.21. The van der Waals surface area contributed by atoms with Crippen LogP contribution in [-0.2, 0) is 80.8 Å². The molecule has 0 atom stereocenters. The van der Waals surface area contributed by atoms with Crippen molar-refractivity contribution in [3.63, 3.8) is 0 Å². The predicted octanol–water partition coefficient (Wildman–Crippen LogP) is 2.72. The highest BCUT2D eigenvalue weighted by atomic mass is 32.2. The minimum atomic E-state index is -2.61. The van der Waals surface area contributed by atoms with Gasteiger partial charge in [0, 0.05) is 32.0 Å². The first-order valence-electron chi connectivity index (χ1n) is 18.5. The van der Waals surface area contributed by atoms with E-state index in [-0.39, 0.29) is 70.0 Å². The van der Waals surface area contributed by atoms with Crippen LogP contribution in [0.15, 0.2) is 24.3 Å². The number of nitrogens with one attached hydrogen (secondary N) is 3. The van der Waals surface area contributed by atoms with Crippen molar-refractivity contribution in [1.29, 1.82) is 4.78 Å². The third-order valence-corrected chi connectivity index (χ3v) is 7.44. The third-order valence-electron chi connectivity index (χ3n) is 7.44. The Bertz CT molecular complexity index is 1910. The number of likely N-dealkylation sites (N-methyl/N-ethyl adjacent to an activating group) is 1. The highest BCUT2D eigenvalue weighted by Crippen LogP contribution is 2.32. The zero-order chi connectivity index (χ0) is 42.9. The summed E-state index contributed by atoms with van der Waals surface area (Å²) in [4.78, 5) is 69.0. The van der Waals surface area contributed by atoms with Crippen LogP contribution in [0.5, 0.6) is 0 Å². The van der Waals surface area contributed by atoms with Crippen LogP contribution >= 0.6 is 0 Å². The van der Waals surface area contributed by atoms with Crippen molar-refractivity contribution >= 4 is 68.0 Å². The topological polar surface area (TPSA) is 263 Å². The quantitative estimate of drug-likeness (QED) is 0.0629.